The van der Waals surface area contributed by atoms with Gasteiger partial charge in [-0.1, -0.05) is 69.3 Å². The van der Waals surface area contributed by atoms with Gasteiger partial charge in [0.2, 0.25) is 15.9 Å². The summed E-state index contributed by atoms with van der Waals surface area (Å²) in [4.78, 5) is 13.8. The van der Waals surface area contributed by atoms with Crippen LogP contribution in [0.15, 0.2) is 60.0 Å². The number of hydrogen-bond donors (Lipinski definition) is 2. The maximum Gasteiger partial charge on any atom is 0.238 e. The van der Waals surface area contributed by atoms with Crippen molar-refractivity contribution in [1.29, 1.82) is 0 Å². The molecule has 2 bridgehead atoms. The maximum absolute atomic E-state index is 13.8. The third-order valence-electron chi connectivity index (χ3n) is 8.38. The third-order valence-corrected chi connectivity index (χ3v) is 10.7. The van der Waals surface area contributed by atoms with Crippen molar-refractivity contribution in [3.8, 4) is 0 Å². The van der Waals surface area contributed by atoms with Crippen LogP contribution in [0.25, 0.3) is 10.1 Å². The highest BCUT2D eigenvalue weighted by molar-refractivity contribution is 7.88. The SMILES string of the molecule is CC12CCC(C1)C(C)(C)C2NC(=O)[C@@H](Cc1csc2ccccc12)NS(=O)(=O)Cc1ccccc1. The fourth-order valence-electron chi connectivity index (χ4n) is 6.56. The fraction of sp³-hybridized carbons (Fsp3) is 0.464. The molecule has 0 radical (unpaired) electrons. The molecule has 0 saturated heterocycles. The van der Waals surface area contributed by atoms with Crippen molar-refractivity contribution in [1.82, 2.24) is 10.0 Å². The van der Waals surface area contributed by atoms with Gasteiger partial charge in [0, 0.05) is 10.7 Å². The first-order valence-corrected chi connectivity index (χ1v) is 14.9. The van der Waals surface area contributed by atoms with E-state index in [9.17, 15) is 13.2 Å². The number of carbonyl (C=O) groups is 1. The molecule has 35 heavy (non-hydrogen) atoms. The van der Waals surface area contributed by atoms with Crippen LogP contribution in [0.1, 0.15) is 51.2 Å². The molecule has 2 N–H and O–H groups in total. The molecular formula is C28H34N2O3S2. The highest BCUT2D eigenvalue weighted by Crippen LogP contribution is 2.62. The van der Waals surface area contributed by atoms with E-state index in [0.29, 0.717) is 17.9 Å². The van der Waals surface area contributed by atoms with E-state index in [1.165, 1.54) is 6.42 Å². The molecule has 2 aliphatic rings. The average Bonchev–Trinajstić information content (AvgIpc) is 3.46. The standard InChI is InChI=1S/C28H34N2O3S2/c1-27(2)21-13-14-28(3,16-21)26(27)29-25(31)23(15-20-17-34-24-12-8-7-11-22(20)24)30-35(32,33)18-19-9-5-4-6-10-19/h4-12,17,21,23,26,30H,13-16,18H2,1-3H3,(H,29,31)/t21?,23-,26?,28?/m1/s1. The molecule has 2 saturated carbocycles. The maximum atomic E-state index is 13.8. The molecule has 2 aliphatic carbocycles. The van der Waals surface area contributed by atoms with Crippen LogP contribution in [0, 0.1) is 16.7 Å². The number of benzene rings is 2. The molecule has 0 spiro atoms. The highest BCUT2D eigenvalue weighted by atomic mass is 32.2. The van der Waals surface area contributed by atoms with Crippen LogP contribution in [0.3, 0.4) is 0 Å². The van der Waals surface area contributed by atoms with Crippen LogP contribution in [-0.4, -0.2) is 26.4 Å². The number of sulfonamides is 1. The van der Waals surface area contributed by atoms with Crippen molar-refractivity contribution in [2.24, 2.45) is 16.7 Å². The Morgan fingerprint density at radius 3 is 2.51 bits per heavy atom. The third kappa shape index (κ3) is 4.78. The fourth-order valence-corrected chi connectivity index (χ4v) is 8.87. The van der Waals surface area contributed by atoms with Crippen LogP contribution < -0.4 is 10.0 Å². The number of amides is 1. The summed E-state index contributed by atoms with van der Waals surface area (Å²) in [6.45, 7) is 6.76. The Labute approximate surface area is 212 Å². The van der Waals surface area contributed by atoms with Crippen molar-refractivity contribution < 1.29 is 13.2 Å². The van der Waals surface area contributed by atoms with Crippen molar-refractivity contribution in [2.75, 3.05) is 0 Å². The van der Waals surface area contributed by atoms with Crippen LogP contribution in [0.4, 0.5) is 0 Å². The normalized spacial score (nSPS) is 26.1. The topological polar surface area (TPSA) is 75.3 Å². The molecule has 1 amide bonds. The molecule has 2 aromatic carbocycles. The van der Waals surface area contributed by atoms with Gasteiger partial charge in [-0.3, -0.25) is 4.79 Å². The largest absolute Gasteiger partial charge is 0.351 e. The lowest BCUT2D eigenvalue weighted by atomic mass is 9.68. The predicted octanol–water partition coefficient (Wildman–Crippen LogP) is 5.26. The molecule has 3 unspecified atom stereocenters. The van der Waals surface area contributed by atoms with E-state index < -0.39 is 16.1 Å². The summed E-state index contributed by atoms with van der Waals surface area (Å²) in [5, 5.41) is 6.44. The number of fused-ring (bicyclic) bond motifs is 3. The summed E-state index contributed by atoms with van der Waals surface area (Å²) in [7, 11) is -3.73. The van der Waals surface area contributed by atoms with E-state index in [4.69, 9.17) is 0 Å². The average molecular weight is 511 g/mol. The van der Waals surface area contributed by atoms with Crippen molar-refractivity contribution >= 4 is 37.4 Å². The molecule has 5 nitrogen and oxygen atoms in total. The summed E-state index contributed by atoms with van der Waals surface area (Å²) in [6, 6.07) is 16.3. The van der Waals surface area contributed by atoms with E-state index in [0.717, 1.165) is 28.5 Å². The quantitative estimate of drug-likeness (QED) is 0.434. The molecule has 186 valence electrons. The zero-order chi connectivity index (χ0) is 24.8. The van der Waals surface area contributed by atoms with Gasteiger partial charge in [-0.15, -0.1) is 11.3 Å². The lowest BCUT2D eigenvalue weighted by molar-refractivity contribution is -0.125. The van der Waals surface area contributed by atoms with Crippen molar-refractivity contribution in [2.45, 2.75) is 64.3 Å². The minimum absolute atomic E-state index is 0.00873. The van der Waals surface area contributed by atoms with Crippen molar-refractivity contribution in [3.05, 3.63) is 71.1 Å². The van der Waals surface area contributed by atoms with Crippen LogP contribution in [-0.2, 0) is 27.0 Å². The van der Waals surface area contributed by atoms with E-state index in [1.807, 2.05) is 41.8 Å². The highest BCUT2D eigenvalue weighted by Gasteiger charge is 2.59. The number of thiophene rings is 1. The number of nitrogens with one attached hydrogen (secondary N) is 2. The smallest absolute Gasteiger partial charge is 0.238 e. The first kappa shape index (κ1) is 24.5. The number of rotatable bonds is 8. The van der Waals surface area contributed by atoms with E-state index in [-0.39, 0.29) is 28.5 Å². The molecule has 7 heteroatoms. The Hall–Kier alpha value is -2.22. The molecule has 1 aromatic heterocycles. The second kappa shape index (κ2) is 9.02. The number of hydrogen-bond acceptors (Lipinski definition) is 4. The van der Waals surface area contributed by atoms with Gasteiger partial charge in [-0.25, -0.2) is 13.1 Å². The Kier molecular flexibility index (Phi) is 6.31. The lowest BCUT2D eigenvalue weighted by Crippen LogP contribution is -2.57. The summed E-state index contributed by atoms with van der Waals surface area (Å²) in [5.41, 5.74) is 1.74. The second-order valence-electron chi connectivity index (χ2n) is 11.2. The van der Waals surface area contributed by atoms with Gasteiger partial charge in [0.05, 0.1) is 5.75 Å². The van der Waals surface area contributed by atoms with E-state index in [2.05, 4.69) is 36.9 Å². The Morgan fingerprint density at radius 2 is 1.80 bits per heavy atom. The van der Waals surface area contributed by atoms with E-state index >= 15 is 0 Å². The Bertz CT molecular complexity index is 1330. The molecule has 1 heterocycles. The van der Waals surface area contributed by atoms with Gasteiger partial charge in [0.15, 0.2) is 0 Å². The van der Waals surface area contributed by atoms with Gasteiger partial charge >= 0.3 is 0 Å². The van der Waals surface area contributed by atoms with Gasteiger partial charge in [-0.05, 0) is 70.4 Å². The molecule has 0 aliphatic heterocycles. The lowest BCUT2D eigenvalue weighted by Gasteiger charge is -2.43. The van der Waals surface area contributed by atoms with Crippen molar-refractivity contribution in [3.63, 3.8) is 0 Å². The summed E-state index contributed by atoms with van der Waals surface area (Å²) in [6.07, 6.45) is 3.73. The zero-order valence-electron chi connectivity index (χ0n) is 20.6. The summed E-state index contributed by atoms with van der Waals surface area (Å²) >= 11 is 1.62. The van der Waals surface area contributed by atoms with Gasteiger partial charge < -0.3 is 5.32 Å². The zero-order valence-corrected chi connectivity index (χ0v) is 22.2. The summed E-state index contributed by atoms with van der Waals surface area (Å²) < 4.78 is 30.2. The molecule has 3 aromatic rings. The van der Waals surface area contributed by atoms with Crippen LogP contribution in [0.5, 0.6) is 0 Å². The molecule has 4 atom stereocenters. The first-order chi connectivity index (χ1) is 16.6. The van der Waals surface area contributed by atoms with Gasteiger partial charge in [0.25, 0.3) is 0 Å². The van der Waals surface area contributed by atoms with Crippen LogP contribution >= 0.6 is 11.3 Å². The van der Waals surface area contributed by atoms with Crippen LogP contribution in [0.2, 0.25) is 0 Å². The van der Waals surface area contributed by atoms with E-state index in [1.54, 1.807) is 23.5 Å². The Balaban J connectivity index is 1.42. The Morgan fingerprint density at radius 1 is 1.09 bits per heavy atom. The molecule has 5 rings (SSSR count). The minimum atomic E-state index is -3.73. The monoisotopic (exact) mass is 510 g/mol. The second-order valence-corrected chi connectivity index (χ2v) is 13.9. The number of carbonyl (C=O) groups excluding carboxylic acids is 1. The molecular weight excluding hydrogens is 476 g/mol. The first-order valence-electron chi connectivity index (χ1n) is 12.4. The van der Waals surface area contributed by atoms with Gasteiger partial charge in [0.1, 0.15) is 6.04 Å². The summed E-state index contributed by atoms with van der Waals surface area (Å²) in [5.74, 6) is 0.201. The minimum Gasteiger partial charge on any atom is -0.351 e. The molecule has 2 fully saturated rings. The predicted molar refractivity (Wildman–Crippen MR) is 143 cm³/mol. The van der Waals surface area contributed by atoms with Gasteiger partial charge in [-0.2, -0.15) is 0 Å².